The Morgan fingerprint density at radius 3 is 2.23 bits per heavy atom. The molecule has 0 aromatic heterocycles. The van der Waals surface area contributed by atoms with E-state index in [1.165, 1.54) is 55.0 Å². The number of halogens is 1. The molecule has 0 unspecified atom stereocenters. The van der Waals surface area contributed by atoms with Gasteiger partial charge in [-0.1, -0.05) is 11.6 Å². The zero-order valence-electron chi connectivity index (χ0n) is 17.5. The Morgan fingerprint density at radius 1 is 1.10 bits per heavy atom. The molecule has 7 heteroatoms. The highest BCUT2D eigenvalue weighted by atomic mass is 35.5. The Kier molecular flexibility index (Phi) is 5.19. The molecule has 4 saturated carbocycles. The molecule has 164 valence electrons. The Hall–Kier alpha value is -1.11. The summed E-state index contributed by atoms with van der Waals surface area (Å²) in [5.41, 5.74) is 0.211. The van der Waals surface area contributed by atoms with Gasteiger partial charge in [0, 0.05) is 17.6 Å². The topological polar surface area (TPSA) is 66.5 Å². The number of hydrogen-bond acceptors (Lipinski definition) is 3. The summed E-state index contributed by atoms with van der Waals surface area (Å²) < 4.78 is 27.7. The fourth-order valence-electron chi connectivity index (χ4n) is 7.20. The normalized spacial score (nSPS) is 36.7. The van der Waals surface area contributed by atoms with Crippen molar-refractivity contribution in [3.63, 3.8) is 0 Å². The molecule has 1 aliphatic heterocycles. The van der Waals surface area contributed by atoms with Gasteiger partial charge in [0.15, 0.2) is 0 Å². The van der Waals surface area contributed by atoms with Crippen LogP contribution in [0.4, 0.5) is 0 Å². The highest BCUT2D eigenvalue weighted by Gasteiger charge is 2.53. The molecule has 5 aliphatic rings. The summed E-state index contributed by atoms with van der Waals surface area (Å²) in [7, 11) is -3.72. The second kappa shape index (κ2) is 7.49. The van der Waals surface area contributed by atoms with Crippen LogP contribution in [0.1, 0.15) is 58.3 Å². The van der Waals surface area contributed by atoms with E-state index in [-0.39, 0.29) is 22.3 Å². The molecular formula is C23H31ClN2O3S. The average Bonchev–Trinajstić information content (AvgIpc) is 3.18. The Balaban J connectivity index is 1.31. The molecule has 0 radical (unpaired) electrons. The van der Waals surface area contributed by atoms with E-state index in [2.05, 4.69) is 12.2 Å². The zero-order valence-corrected chi connectivity index (χ0v) is 19.1. The van der Waals surface area contributed by atoms with E-state index in [1.54, 1.807) is 12.1 Å². The monoisotopic (exact) mass is 450 g/mol. The molecule has 5 nitrogen and oxygen atoms in total. The molecule has 1 heterocycles. The summed E-state index contributed by atoms with van der Waals surface area (Å²) in [6, 6.07) is 5.66. The van der Waals surface area contributed by atoms with Crippen molar-refractivity contribution in [2.24, 2.45) is 23.2 Å². The van der Waals surface area contributed by atoms with Crippen molar-refractivity contribution in [1.82, 2.24) is 9.62 Å². The number of nitrogens with one attached hydrogen (secondary N) is 1. The van der Waals surface area contributed by atoms with Gasteiger partial charge < -0.3 is 5.32 Å². The summed E-state index contributed by atoms with van der Waals surface area (Å²) in [4.78, 5) is 13.4. The van der Waals surface area contributed by atoms with E-state index < -0.39 is 16.1 Å². The van der Waals surface area contributed by atoms with Gasteiger partial charge in [-0.25, -0.2) is 8.42 Å². The van der Waals surface area contributed by atoms with Gasteiger partial charge in [0.2, 0.25) is 15.9 Å². The molecule has 1 amide bonds. The summed E-state index contributed by atoms with van der Waals surface area (Å²) >= 11 is 5.91. The fraction of sp³-hybridized carbons (Fsp3) is 0.696. The maximum Gasteiger partial charge on any atom is 0.243 e. The van der Waals surface area contributed by atoms with Crippen LogP contribution in [0.2, 0.25) is 5.02 Å². The van der Waals surface area contributed by atoms with E-state index in [0.717, 1.165) is 17.8 Å². The van der Waals surface area contributed by atoms with Crippen molar-refractivity contribution < 1.29 is 13.2 Å². The second-order valence-corrected chi connectivity index (χ2v) is 12.6. The zero-order chi connectivity index (χ0) is 21.1. The number of sulfonamides is 1. The highest BCUT2D eigenvalue weighted by Crippen LogP contribution is 2.61. The SMILES string of the molecule is C[C@@H](NC(=O)[C@@H]1CCCN1S(=O)(=O)c1ccc(Cl)cc1)C12CC3CC(CC(C3)C1)C2. The molecule has 1 N–H and O–H groups in total. The van der Waals surface area contributed by atoms with Crippen molar-refractivity contribution in [3.8, 4) is 0 Å². The van der Waals surface area contributed by atoms with Gasteiger partial charge in [0.1, 0.15) is 6.04 Å². The van der Waals surface area contributed by atoms with E-state index in [9.17, 15) is 13.2 Å². The quantitative estimate of drug-likeness (QED) is 0.730. The third-order valence-corrected chi connectivity index (χ3v) is 10.5. The van der Waals surface area contributed by atoms with Gasteiger partial charge in [-0.3, -0.25) is 4.79 Å². The number of carbonyl (C=O) groups excluding carboxylic acids is 1. The van der Waals surface area contributed by atoms with Crippen LogP contribution in [-0.2, 0) is 14.8 Å². The highest BCUT2D eigenvalue weighted by molar-refractivity contribution is 7.89. The minimum atomic E-state index is -3.72. The lowest BCUT2D eigenvalue weighted by atomic mass is 9.48. The summed E-state index contributed by atoms with van der Waals surface area (Å²) in [5.74, 6) is 2.34. The lowest BCUT2D eigenvalue weighted by molar-refractivity contribution is -0.128. The molecule has 4 aliphatic carbocycles. The largest absolute Gasteiger partial charge is 0.352 e. The number of carbonyl (C=O) groups is 1. The molecule has 1 aromatic rings. The smallest absolute Gasteiger partial charge is 0.243 e. The first kappa shape index (κ1) is 20.8. The van der Waals surface area contributed by atoms with Crippen LogP contribution in [0, 0.1) is 23.2 Å². The van der Waals surface area contributed by atoms with Crippen molar-refractivity contribution in [2.75, 3.05) is 6.54 Å². The Morgan fingerprint density at radius 2 is 1.67 bits per heavy atom. The van der Waals surface area contributed by atoms with Crippen LogP contribution < -0.4 is 5.32 Å². The standard InChI is InChI=1S/C23H31ClN2O3S/c1-15(23-12-16-9-17(13-23)11-18(10-16)14-23)25-22(27)21-3-2-8-26(21)30(28,29)20-6-4-19(24)5-7-20/h4-7,15-18,21H,2-3,8-14H2,1H3,(H,25,27)/t15-,16?,17?,18?,21+,23?/m1/s1. The van der Waals surface area contributed by atoms with Gasteiger partial charge in [0.25, 0.3) is 0 Å². The number of benzene rings is 1. The predicted octanol–water partition coefficient (Wildman–Crippen LogP) is 4.21. The fourth-order valence-corrected chi connectivity index (χ4v) is 8.98. The number of nitrogens with zero attached hydrogens (tertiary/aromatic N) is 1. The van der Waals surface area contributed by atoms with Crippen molar-refractivity contribution in [2.45, 2.75) is 75.3 Å². The summed E-state index contributed by atoms with van der Waals surface area (Å²) in [6.45, 7) is 2.53. The molecule has 5 fully saturated rings. The second-order valence-electron chi connectivity index (χ2n) is 10.2. The lowest BCUT2D eigenvalue weighted by Crippen LogP contribution is -2.58. The molecule has 30 heavy (non-hydrogen) atoms. The van der Waals surface area contributed by atoms with Crippen LogP contribution >= 0.6 is 11.6 Å². The molecule has 4 bridgehead atoms. The predicted molar refractivity (Wildman–Crippen MR) is 117 cm³/mol. The third kappa shape index (κ3) is 3.49. The first-order valence-electron chi connectivity index (χ1n) is 11.3. The molecule has 2 atom stereocenters. The molecule has 0 spiro atoms. The van der Waals surface area contributed by atoms with E-state index in [1.807, 2.05) is 0 Å². The van der Waals surface area contributed by atoms with Gasteiger partial charge in [-0.05, 0) is 106 Å². The Bertz CT molecular complexity index is 895. The number of hydrogen-bond donors (Lipinski definition) is 1. The van der Waals surface area contributed by atoms with E-state index in [4.69, 9.17) is 11.6 Å². The average molecular weight is 451 g/mol. The lowest BCUT2D eigenvalue weighted by Gasteiger charge is -2.59. The Labute approximate surface area is 184 Å². The van der Waals surface area contributed by atoms with Crippen molar-refractivity contribution in [1.29, 1.82) is 0 Å². The summed E-state index contributed by atoms with van der Waals surface area (Å²) in [5, 5.41) is 3.77. The first-order valence-corrected chi connectivity index (χ1v) is 13.2. The minimum Gasteiger partial charge on any atom is -0.352 e. The first-order chi connectivity index (χ1) is 14.3. The van der Waals surface area contributed by atoms with Crippen LogP contribution in [0.15, 0.2) is 29.2 Å². The maximum absolute atomic E-state index is 13.3. The van der Waals surface area contributed by atoms with Crippen LogP contribution in [0.25, 0.3) is 0 Å². The van der Waals surface area contributed by atoms with Gasteiger partial charge >= 0.3 is 0 Å². The third-order valence-electron chi connectivity index (χ3n) is 8.29. The summed E-state index contributed by atoms with van der Waals surface area (Å²) in [6.07, 6.45) is 9.05. The number of amides is 1. The number of rotatable bonds is 5. The molecule has 1 aromatic carbocycles. The van der Waals surface area contributed by atoms with E-state index >= 15 is 0 Å². The maximum atomic E-state index is 13.3. The van der Waals surface area contributed by atoms with Crippen LogP contribution in [0.3, 0.4) is 0 Å². The van der Waals surface area contributed by atoms with Crippen LogP contribution in [-0.4, -0.2) is 37.3 Å². The van der Waals surface area contributed by atoms with Crippen molar-refractivity contribution >= 4 is 27.5 Å². The minimum absolute atomic E-state index is 0.0964. The van der Waals surface area contributed by atoms with Crippen LogP contribution in [0.5, 0.6) is 0 Å². The molecule has 1 saturated heterocycles. The van der Waals surface area contributed by atoms with Gasteiger partial charge in [-0.15, -0.1) is 0 Å². The van der Waals surface area contributed by atoms with Gasteiger partial charge in [-0.2, -0.15) is 4.31 Å². The van der Waals surface area contributed by atoms with Gasteiger partial charge in [0.05, 0.1) is 4.90 Å². The van der Waals surface area contributed by atoms with Crippen molar-refractivity contribution in [3.05, 3.63) is 29.3 Å². The molecular weight excluding hydrogens is 420 g/mol. The van der Waals surface area contributed by atoms with E-state index in [0.29, 0.717) is 24.4 Å². The molecule has 6 rings (SSSR count).